The van der Waals surface area contributed by atoms with E-state index in [1.165, 1.54) is 11.0 Å². The molecular weight excluding hydrogens is 481 g/mol. The molecule has 1 atom stereocenters. The Morgan fingerprint density at radius 3 is 2.56 bits per heavy atom. The van der Waals surface area contributed by atoms with E-state index in [2.05, 4.69) is 0 Å². The van der Waals surface area contributed by atoms with Crippen molar-refractivity contribution in [3.05, 3.63) is 52.6 Å². The molecule has 1 fully saturated rings. The van der Waals surface area contributed by atoms with E-state index in [9.17, 15) is 23.2 Å². The molecule has 0 saturated carbocycles. The van der Waals surface area contributed by atoms with Crippen molar-refractivity contribution >= 4 is 40.0 Å². The molecule has 5 rings (SSSR count). The molecule has 1 saturated heterocycles. The summed E-state index contributed by atoms with van der Waals surface area (Å²) in [6, 6.07) is 9.50. The average molecular weight is 504 g/mol. The molecule has 2 aromatic carbocycles. The number of aromatic nitrogens is 2. The molecule has 3 heterocycles. The smallest absolute Gasteiger partial charge is 0.414 e. The Kier molecular flexibility index (Phi) is 5.98. The summed E-state index contributed by atoms with van der Waals surface area (Å²) in [5.41, 5.74) is 7.51. The van der Waals surface area contributed by atoms with Crippen LogP contribution < -0.4 is 26.4 Å². The van der Waals surface area contributed by atoms with Crippen molar-refractivity contribution in [2.75, 3.05) is 41.7 Å². The predicted octanol–water partition coefficient (Wildman–Crippen LogP) is 1.75. The summed E-state index contributed by atoms with van der Waals surface area (Å²) < 4.78 is 48.5. The first-order chi connectivity index (χ1) is 17.2. The molecule has 3 aromatic rings. The van der Waals surface area contributed by atoms with E-state index >= 15 is 4.39 Å². The number of amides is 2. The molecule has 0 unspecified atom stereocenters. The van der Waals surface area contributed by atoms with E-state index in [1.807, 2.05) is 14.9 Å². The van der Waals surface area contributed by atoms with Gasteiger partial charge in [-0.1, -0.05) is 0 Å². The number of nitrogens with zero attached hydrogens (tertiary/aromatic N) is 4. The molecule has 190 valence electrons. The van der Waals surface area contributed by atoms with Crippen molar-refractivity contribution in [2.24, 2.45) is 0 Å². The lowest BCUT2D eigenvalue weighted by Gasteiger charge is -2.24. The highest BCUT2D eigenvalue weighted by Crippen LogP contribution is 2.29. The molecular formula is C23H23F3N6O4. The van der Waals surface area contributed by atoms with Crippen LogP contribution in [0.2, 0.25) is 0 Å². The summed E-state index contributed by atoms with van der Waals surface area (Å²) in [7, 11) is 0. The number of rotatable bonds is 5. The average Bonchev–Trinajstić information content (AvgIpc) is 3.24. The van der Waals surface area contributed by atoms with Crippen LogP contribution in [-0.2, 0) is 22.6 Å². The molecule has 0 spiro atoms. The first-order valence-corrected chi connectivity index (χ1v) is 11.3. The lowest BCUT2D eigenvalue weighted by Crippen LogP contribution is -2.37. The summed E-state index contributed by atoms with van der Waals surface area (Å²) in [6.07, 6.45) is -4.77. The molecule has 2 amide bonds. The highest BCUT2D eigenvalue weighted by Gasteiger charge is 2.33. The van der Waals surface area contributed by atoms with Gasteiger partial charge in [0, 0.05) is 18.8 Å². The van der Waals surface area contributed by atoms with Gasteiger partial charge in [0.1, 0.15) is 11.9 Å². The maximum absolute atomic E-state index is 15.2. The number of carbonyl (C=O) groups is 2. The maximum atomic E-state index is 15.2. The molecule has 36 heavy (non-hydrogen) atoms. The van der Waals surface area contributed by atoms with E-state index in [1.54, 1.807) is 35.0 Å². The molecule has 0 radical (unpaired) electrons. The van der Waals surface area contributed by atoms with Gasteiger partial charge in [-0.2, -0.15) is 8.78 Å². The summed E-state index contributed by atoms with van der Waals surface area (Å²) in [4.78, 5) is 39.1. The monoisotopic (exact) mass is 504 g/mol. The number of nitrogens with two attached hydrogens (primary N) is 1. The molecule has 10 nitrogen and oxygen atoms in total. The summed E-state index contributed by atoms with van der Waals surface area (Å²) in [5.74, 6) is -2.02. The van der Waals surface area contributed by atoms with E-state index in [4.69, 9.17) is 10.5 Å². The van der Waals surface area contributed by atoms with Gasteiger partial charge in [0.15, 0.2) is 0 Å². The number of ether oxygens (including phenoxy) is 1. The number of fused-ring (bicyclic) bond motifs is 3. The van der Waals surface area contributed by atoms with E-state index < -0.39 is 30.3 Å². The Bertz CT molecular complexity index is 1400. The van der Waals surface area contributed by atoms with Gasteiger partial charge in [0.05, 0.1) is 48.5 Å². The van der Waals surface area contributed by atoms with Crippen molar-refractivity contribution in [1.29, 1.82) is 0 Å². The van der Waals surface area contributed by atoms with Crippen molar-refractivity contribution in [3.63, 3.8) is 0 Å². The fourth-order valence-electron chi connectivity index (χ4n) is 4.63. The first-order valence-electron chi connectivity index (χ1n) is 11.3. The third-order valence-electron chi connectivity index (χ3n) is 6.38. The van der Waals surface area contributed by atoms with Gasteiger partial charge in [-0.3, -0.25) is 19.2 Å². The van der Waals surface area contributed by atoms with Crippen molar-refractivity contribution in [1.82, 2.24) is 14.7 Å². The predicted molar refractivity (Wildman–Crippen MR) is 126 cm³/mol. The third-order valence-corrected chi connectivity index (χ3v) is 6.38. The standard InChI is InChI=1S/C23H23F3N6O4/c24-17-10-14(30-12-15(36-23(30)35)11-28-21(33)20(25)26)2-4-19(17)29-5-7-31-18-3-1-13(27)9-16(18)22(34)32(31)8-6-29/h1-4,9-10,15,20H,5-8,11-12,27H2,(H,28,33)/t15-/m0/s1. The minimum atomic E-state index is -3.17. The maximum Gasteiger partial charge on any atom is 0.414 e. The van der Waals surface area contributed by atoms with Gasteiger partial charge in [0.25, 0.3) is 11.5 Å². The van der Waals surface area contributed by atoms with Crippen LogP contribution >= 0.6 is 0 Å². The second-order valence-electron chi connectivity index (χ2n) is 8.61. The van der Waals surface area contributed by atoms with Crippen LogP contribution in [0.4, 0.5) is 35.0 Å². The molecule has 1 aromatic heterocycles. The van der Waals surface area contributed by atoms with Crippen molar-refractivity contribution < 1.29 is 27.5 Å². The van der Waals surface area contributed by atoms with Crippen LogP contribution in [0.15, 0.2) is 41.2 Å². The zero-order chi connectivity index (χ0) is 25.6. The highest BCUT2D eigenvalue weighted by atomic mass is 19.3. The molecule has 3 N–H and O–H groups in total. The van der Waals surface area contributed by atoms with Crippen LogP contribution in [0.1, 0.15) is 0 Å². The van der Waals surface area contributed by atoms with Crippen molar-refractivity contribution in [2.45, 2.75) is 25.6 Å². The van der Waals surface area contributed by atoms with E-state index in [0.29, 0.717) is 42.9 Å². The number of nitrogen functional groups attached to an aromatic ring is 1. The number of alkyl halides is 2. The van der Waals surface area contributed by atoms with Gasteiger partial charge in [-0.15, -0.1) is 0 Å². The van der Waals surface area contributed by atoms with Gasteiger partial charge in [0.2, 0.25) is 0 Å². The van der Waals surface area contributed by atoms with Crippen LogP contribution in [0.25, 0.3) is 10.9 Å². The Hall–Kier alpha value is -4.16. The van der Waals surface area contributed by atoms with Gasteiger partial charge >= 0.3 is 12.5 Å². The second kappa shape index (κ2) is 9.13. The molecule has 0 aliphatic carbocycles. The topological polar surface area (TPSA) is 115 Å². The lowest BCUT2D eigenvalue weighted by atomic mass is 10.2. The number of cyclic esters (lactones) is 1. The fraction of sp³-hybridized carbons (Fsp3) is 0.348. The quantitative estimate of drug-likeness (QED) is 0.512. The number of carbonyl (C=O) groups excluding carboxylic acids is 2. The number of halogens is 3. The van der Waals surface area contributed by atoms with Crippen LogP contribution in [-0.4, -0.2) is 60.1 Å². The Morgan fingerprint density at radius 2 is 1.83 bits per heavy atom. The number of anilines is 3. The zero-order valence-electron chi connectivity index (χ0n) is 19.0. The third kappa shape index (κ3) is 4.20. The second-order valence-corrected chi connectivity index (χ2v) is 8.61. The number of nitrogens with one attached hydrogen (secondary N) is 1. The van der Waals surface area contributed by atoms with Crippen LogP contribution in [0.5, 0.6) is 0 Å². The SMILES string of the molecule is Nc1ccc2c(c1)c(=O)n1n2CCN(c2ccc(N3C[C@H](CNC(=O)C(F)F)OC3=O)cc2F)CC1. The Labute approximate surface area is 202 Å². The number of benzene rings is 2. The normalized spacial score (nSPS) is 17.9. The van der Waals surface area contributed by atoms with Crippen LogP contribution in [0.3, 0.4) is 0 Å². The van der Waals surface area contributed by atoms with Gasteiger partial charge in [-0.25, -0.2) is 13.9 Å². The Morgan fingerprint density at radius 1 is 1.08 bits per heavy atom. The minimum absolute atomic E-state index is 0.0270. The summed E-state index contributed by atoms with van der Waals surface area (Å²) >= 11 is 0. The first kappa shape index (κ1) is 23.6. The fourth-order valence-corrected chi connectivity index (χ4v) is 4.63. The largest absolute Gasteiger partial charge is 0.442 e. The molecule has 0 bridgehead atoms. The molecule has 2 aliphatic heterocycles. The van der Waals surface area contributed by atoms with E-state index in [0.717, 1.165) is 5.52 Å². The van der Waals surface area contributed by atoms with Crippen LogP contribution in [0, 0.1) is 5.82 Å². The molecule has 13 heteroatoms. The summed E-state index contributed by atoms with van der Waals surface area (Å²) in [5, 5.41) is 2.55. The zero-order valence-corrected chi connectivity index (χ0v) is 19.0. The molecule has 2 aliphatic rings. The minimum Gasteiger partial charge on any atom is -0.442 e. The summed E-state index contributed by atoms with van der Waals surface area (Å²) in [6.45, 7) is 1.33. The number of hydrogen-bond donors (Lipinski definition) is 2. The van der Waals surface area contributed by atoms with Gasteiger partial charge in [-0.05, 0) is 36.4 Å². The number of hydrogen-bond acceptors (Lipinski definition) is 6. The van der Waals surface area contributed by atoms with E-state index in [-0.39, 0.29) is 24.3 Å². The highest BCUT2D eigenvalue weighted by molar-refractivity contribution is 5.90. The Balaban J connectivity index is 1.29. The lowest BCUT2D eigenvalue weighted by molar-refractivity contribution is -0.132. The van der Waals surface area contributed by atoms with Crippen molar-refractivity contribution in [3.8, 4) is 0 Å². The van der Waals surface area contributed by atoms with Gasteiger partial charge < -0.3 is 20.7 Å².